The number of allylic oxidation sites excluding steroid dienone is 1. The van der Waals surface area contributed by atoms with E-state index in [1.165, 1.54) is 16.3 Å². The Balaban J connectivity index is 1.60. The number of benzene rings is 4. The van der Waals surface area contributed by atoms with Gasteiger partial charge in [-0.25, -0.2) is 0 Å². The van der Waals surface area contributed by atoms with E-state index >= 15 is 0 Å². The zero-order valence-corrected chi connectivity index (χ0v) is 20.3. The first-order valence-electron chi connectivity index (χ1n) is 9.41. The molecule has 0 aliphatic rings. The van der Waals surface area contributed by atoms with Gasteiger partial charge in [0.15, 0.2) is 0 Å². The van der Waals surface area contributed by atoms with E-state index in [0.29, 0.717) is 12.2 Å². The van der Waals surface area contributed by atoms with Crippen LogP contribution in [0.4, 0.5) is 0 Å². The Labute approximate surface area is 203 Å². The number of hydrogen-bond acceptors (Lipinski definition) is 2. The second kappa shape index (κ2) is 9.63. The van der Waals surface area contributed by atoms with E-state index in [1.54, 1.807) is 0 Å². The fourth-order valence-corrected chi connectivity index (χ4v) is 5.46. The fraction of sp³-hybridized carbons (Fsp3) is 0.0385. The van der Waals surface area contributed by atoms with Gasteiger partial charge < -0.3 is 4.74 Å². The molecule has 0 bridgehead atoms. The minimum Gasteiger partial charge on any atom is -0.487 e. The second-order valence-corrected chi connectivity index (χ2v) is 9.10. The first-order valence-corrected chi connectivity index (χ1v) is 11.6. The van der Waals surface area contributed by atoms with Crippen molar-refractivity contribution in [3.05, 3.63) is 109 Å². The Morgan fingerprint density at radius 2 is 1.53 bits per heavy atom. The summed E-state index contributed by atoms with van der Waals surface area (Å²) < 4.78 is 8.28. The van der Waals surface area contributed by atoms with E-state index in [2.05, 4.69) is 106 Å². The molecule has 0 saturated carbocycles. The number of halogens is 2. The minimum absolute atomic E-state index is 0.510. The first kappa shape index (κ1) is 20.9. The molecular weight excluding hydrogens is 596 g/mol. The van der Waals surface area contributed by atoms with Crippen molar-refractivity contribution in [1.82, 2.24) is 0 Å². The SMILES string of the molecule is N#C/C(=C/c1cc(I)c(OCc2cccc3ccccc23)c(I)c1)c1ccccc1. The van der Waals surface area contributed by atoms with Crippen molar-refractivity contribution in [3.63, 3.8) is 0 Å². The molecule has 4 aromatic rings. The zero-order valence-electron chi connectivity index (χ0n) is 16.0. The molecule has 4 aromatic carbocycles. The molecule has 0 radical (unpaired) electrons. The number of nitrogens with zero attached hydrogens (tertiary/aromatic N) is 1. The summed E-state index contributed by atoms with van der Waals surface area (Å²) in [7, 11) is 0. The summed E-state index contributed by atoms with van der Waals surface area (Å²) in [5.74, 6) is 0.875. The zero-order chi connectivity index (χ0) is 20.9. The molecule has 4 heteroatoms. The van der Waals surface area contributed by atoms with Gasteiger partial charge in [-0.3, -0.25) is 0 Å². The highest BCUT2D eigenvalue weighted by Crippen LogP contribution is 2.32. The van der Waals surface area contributed by atoms with Crippen LogP contribution in [-0.2, 0) is 6.61 Å². The summed E-state index contributed by atoms with van der Waals surface area (Å²) in [6.45, 7) is 0.510. The molecule has 146 valence electrons. The van der Waals surface area contributed by atoms with Gasteiger partial charge in [-0.05, 0) is 90.9 Å². The average Bonchev–Trinajstić information content (AvgIpc) is 2.77. The van der Waals surface area contributed by atoms with Crippen LogP contribution >= 0.6 is 45.2 Å². The van der Waals surface area contributed by atoms with Crippen LogP contribution in [0.5, 0.6) is 5.75 Å². The number of hydrogen-bond donors (Lipinski definition) is 0. The van der Waals surface area contributed by atoms with E-state index < -0.39 is 0 Å². The predicted molar refractivity (Wildman–Crippen MR) is 140 cm³/mol. The number of nitriles is 1. The van der Waals surface area contributed by atoms with E-state index in [1.807, 2.05) is 36.4 Å². The van der Waals surface area contributed by atoms with Crippen molar-refractivity contribution in [3.8, 4) is 11.8 Å². The second-order valence-electron chi connectivity index (χ2n) is 6.78. The number of fused-ring (bicyclic) bond motifs is 1. The molecule has 2 nitrogen and oxygen atoms in total. The molecule has 4 rings (SSSR count). The molecule has 0 N–H and O–H groups in total. The van der Waals surface area contributed by atoms with Gasteiger partial charge in [0.25, 0.3) is 0 Å². The molecule has 0 aromatic heterocycles. The summed E-state index contributed by atoms with van der Waals surface area (Å²) in [4.78, 5) is 0. The Morgan fingerprint density at radius 3 is 2.27 bits per heavy atom. The topological polar surface area (TPSA) is 33.0 Å². The Morgan fingerprint density at radius 1 is 0.867 bits per heavy atom. The standard InChI is InChI=1S/C26H17I2NO/c27-24-14-18(13-22(16-29)19-7-2-1-3-8-19)15-25(28)26(24)30-17-21-11-6-10-20-9-4-5-12-23(20)21/h1-15H,17H2/b22-13-. The Kier molecular flexibility index (Phi) is 6.70. The minimum atomic E-state index is 0.510. The summed E-state index contributed by atoms with van der Waals surface area (Å²) in [5, 5.41) is 12.0. The van der Waals surface area contributed by atoms with Gasteiger partial charge in [0.1, 0.15) is 12.4 Å². The fourth-order valence-electron chi connectivity index (χ4n) is 3.33. The molecule has 0 aliphatic heterocycles. The van der Waals surface area contributed by atoms with Gasteiger partial charge in [0.2, 0.25) is 0 Å². The van der Waals surface area contributed by atoms with Crippen LogP contribution in [0.15, 0.2) is 84.9 Å². The molecule has 0 fully saturated rings. The highest BCUT2D eigenvalue weighted by Gasteiger charge is 2.11. The molecule has 0 atom stereocenters. The Hall–Kier alpha value is -2.37. The van der Waals surface area contributed by atoms with E-state index in [0.717, 1.165) is 24.0 Å². The monoisotopic (exact) mass is 613 g/mol. The summed E-state index contributed by atoms with van der Waals surface area (Å²) in [5.41, 5.74) is 3.72. The molecule has 0 spiro atoms. The van der Waals surface area contributed by atoms with Gasteiger partial charge >= 0.3 is 0 Å². The van der Waals surface area contributed by atoms with Crippen molar-refractivity contribution >= 4 is 67.6 Å². The molecule has 0 heterocycles. The third-order valence-corrected chi connectivity index (χ3v) is 6.39. The lowest BCUT2D eigenvalue weighted by atomic mass is 10.0. The maximum absolute atomic E-state index is 9.58. The highest BCUT2D eigenvalue weighted by atomic mass is 127. The van der Waals surface area contributed by atoms with E-state index in [-0.39, 0.29) is 0 Å². The lowest BCUT2D eigenvalue weighted by Crippen LogP contribution is -2.00. The molecule has 0 unspecified atom stereocenters. The third kappa shape index (κ3) is 4.68. The van der Waals surface area contributed by atoms with Gasteiger partial charge in [-0.15, -0.1) is 0 Å². The maximum atomic E-state index is 9.58. The van der Waals surface area contributed by atoms with Crippen LogP contribution in [-0.4, -0.2) is 0 Å². The van der Waals surface area contributed by atoms with E-state index in [4.69, 9.17) is 4.74 Å². The van der Waals surface area contributed by atoms with Crippen molar-refractivity contribution in [2.24, 2.45) is 0 Å². The van der Waals surface area contributed by atoms with E-state index in [9.17, 15) is 5.26 Å². The van der Waals surface area contributed by atoms with Crippen LogP contribution in [0, 0.1) is 18.5 Å². The summed E-state index contributed by atoms with van der Waals surface area (Å²) in [6.07, 6.45) is 1.92. The van der Waals surface area contributed by atoms with Crippen molar-refractivity contribution < 1.29 is 4.74 Å². The van der Waals surface area contributed by atoms with Crippen LogP contribution in [0.3, 0.4) is 0 Å². The van der Waals surface area contributed by atoms with Crippen molar-refractivity contribution in [1.29, 1.82) is 5.26 Å². The average molecular weight is 613 g/mol. The maximum Gasteiger partial charge on any atom is 0.146 e. The summed E-state index contributed by atoms with van der Waals surface area (Å²) >= 11 is 4.61. The molecule has 0 aliphatic carbocycles. The number of rotatable bonds is 5. The van der Waals surface area contributed by atoms with Gasteiger partial charge in [-0.2, -0.15) is 5.26 Å². The lowest BCUT2D eigenvalue weighted by Gasteiger charge is -2.13. The summed E-state index contributed by atoms with van der Waals surface area (Å²) in [6, 6.07) is 30.8. The highest BCUT2D eigenvalue weighted by molar-refractivity contribution is 14.1. The molecule has 30 heavy (non-hydrogen) atoms. The van der Waals surface area contributed by atoms with Gasteiger partial charge in [-0.1, -0.05) is 72.8 Å². The third-order valence-electron chi connectivity index (χ3n) is 4.79. The Bertz CT molecular complexity index is 1240. The van der Waals surface area contributed by atoms with Crippen LogP contribution in [0.25, 0.3) is 22.4 Å². The largest absolute Gasteiger partial charge is 0.487 e. The van der Waals surface area contributed by atoms with Gasteiger partial charge in [0, 0.05) is 0 Å². The normalized spacial score (nSPS) is 11.3. The van der Waals surface area contributed by atoms with Crippen LogP contribution in [0.1, 0.15) is 16.7 Å². The van der Waals surface area contributed by atoms with Crippen molar-refractivity contribution in [2.45, 2.75) is 6.61 Å². The number of ether oxygens (including phenoxy) is 1. The lowest BCUT2D eigenvalue weighted by molar-refractivity contribution is 0.303. The molecular formula is C26H17I2NO. The van der Waals surface area contributed by atoms with Crippen LogP contribution in [0.2, 0.25) is 0 Å². The van der Waals surface area contributed by atoms with Crippen LogP contribution < -0.4 is 4.74 Å². The first-order chi connectivity index (χ1) is 14.7. The van der Waals surface area contributed by atoms with Crippen molar-refractivity contribution in [2.75, 3.05) is 0 Å². The smallest absolute Gasteiger partial charge is 0.146 e. The predicted octanol–water partition coefficient (Wildman–Crippen LogP) is 7.69. The van der Waals surface area contributed by atoms with Gasteiger partial charge in [0.05, 0.1) is 18.8 Å². The molecule has 0 saturated heterocycles. The molecule has 0 amide bonds. The quantitative estimate of drug-likeness (QED) is 0.131.